The van der Waals surface area contributed by atoms with Crippen LogP contribution in [-0.4, -0.2) is 34.4 Å². The van der Waals surface area contributed by atoms with Gasteiger partial charge in [-0.1, -0.05) is 11.6 Å². The molecule has 0 spiro atoms. The van der Waals surface area contributed by atoms with Crippen molar-refractivity contribution in [3.63, 3.8) is 0 Å². The maximum Gasteiger partial charge on any atom is 0.0736 e. The highest BCUT2D eigenvalue weighted by Gasteiger charge is 2.30. The van der Waals surface area contributed by atoms with Crippen molar-refractivity contribution in [3.05, 3.63) is 0 Å². The quantitative estimate of drug-likeness (QED) is 0.405. The lowest BCUT2D eigenvalue weighted by atomic mass is 9.94. The molecule has 1 saturated heterocycles. The molecule has 0 aromatic heterocycles. The maximum atomic E-state index is 8.76. The predicted octanol–water partition coefficient (Wildman–Crippen LogP) is 2.10. The lowest BCUT2D eigenvalue weighted by Gasteiger charge is -2.40. The standard InChI is InChI=1S/C10H20N2O/c1-9(11-13)10(2,3)12-7-5-4-6-8-12/h13H,4-8H2,1-3H3/b11-9-. The van der Waals surface area contributed by atoms with Crippen LogP contribution in [0.25, 0.3) is 0 Å². The van der Waals surface area contributed by atoms with E-state index >= 15 is 0 Å². The number of nitrogens with zero attached hydrogens (tertiary/aromatic N) is 2. The second kappa shape index (κ2) is 4.09. The van der Waals surface area contributed by atoms with Crippen LogP contribution >= 0.6 is 0 Å². The number of oxime groups is 1. The van der Waals surface area contributed by atoms with Gasteiger partial charge in [-0.15, -0.1) is 0 Å². The number of piperidine rings is 1. The third-order valence-electron chi connectivity index (χ3n) is 3.18. The second-order valence-corrected chi connectivity index (χ2v) is 4.29. The Morgan fingerprint density at radius 3 is 2.23 bits per heavy atom. The summed E-state index contributed by atoms with van der Waals surface area (Å²) in [5, 5.41) is 12.1. The van der Waals surface area contributed by atoms with Gasteiger partial charge in [-0.25, -0.2) is 0 Å². The Labute approximate surface area is 80.4 Å². The summed E-state index contributed by atoms with van der Waals surface area (Å²) in [5.41, 5.74) is 0.712. The summed E-state index contributed by atoms with van der Waals surface area (Å²) in [7, 11) is 0. The first-order valence-electron chi connectivity index (χ1n) is 5.03. The van der Waals surface area contributed by atoms with E-state index in [0.717, 1.165) is 18.8 Å². The highest BCUT2D eigenvalue weighted by molar-refractivity contribution is 5.90. The molecule has 13 heavy (non-hydrogen) atoms. The summed E-state index contributed by atoms with van der Waals surface area (Å²) in [4.78, 5) is 2.39. The monoisotopic (exact) mass is 184 g/mol. The molecule has 3 nitrogen and oxygen atoms in total. The van der Waals surface area contributed by atoms with Crippen molar-refractivity contribution >= 4 is 5.71 Å². The lowest BCUT2D eigenvalue weighted by Crippen LogP contribution is -2.51. The van der Waals surface area contributed by atoms with Gasteiger partial charge in [0.15, 0.2) is 0 Å². The summed E-state index contributed by atoms with van der Waals surface area (Å²) < 4.78 is 0. The van der Waals surface area contributed by atoms with E-state index in [0.29, 0.717) is 0 Å². The van der Waals surface area contributed by atoms with Crippen molar-refractivity contribution < 1.29 is 5.21 Å². The van der Waals surface area contributed by atoms with Crippen molar-refractivity contribution in [2.24, 2.45) is 5.16 Å². The Bertz CT molecular complexity index is 193. The van der Waals surface area contributed by atoms with Crippen LogP contribution < -0.4 is 0 Å². The van der Waals surface area contributed by atoms with Gasteiger partial charge in [0.25, 0.3) is 0 Å². The molecule has 0 aliphatic carbocycles. The lowest BCUT2D eigenvalue weighted by molar-refractivity contribution is 0.142. The molecule has 1 fully saturated rings. The van der Waals surface area contributed by atoms with Crippen molar-refractivity contribution in [2.75, 3.05) is 13.1 Å². The Balaban J connectivity index is 2.66. The van der Waals surface area contributed by atoms with Gasteiger partial charge in [-0.05, 0) is 46.7 Å². The summed E-state index contributed by atoms with van der Waals surface area (Å²) in [6.07, 6.45) is 3.87. The van der Waals surface area contributed by atoms with Crippen molar-refractivity contribution in [2.45, 2.75) is 45.6 Å². The van der Waals surface area contributed by atoms with Gasteiger partial charge in [-0.2, -0.15) is 0 Å². The highest BCUT2D eigenvalue weighted by atomic mass is 16.4. The molecule has 76 valence electrons. The molecule has 1 aliphatic rings. The Kier molecular flexibility index (Phi) is 3.31. The number of hydrogen-bond acceptors (Lipinski definition) is 3. The van der Waals surface area contributed by atoms with Gasteiger partial charge in [0.1, 0.15) is 0 Å². The molecule has 1 rings (SSSR count). The topological polar surface area (TPSA) is 35.8 Å². The average Bonchev–Trinajstić information content (AvgIpc) is 2.18. The van der Waals surface area contributed by atoms with Gasteiger partial charge in [0.2, 0.25) is 0 Å². The maximum absolute atomic E-state index is 8.76. The predicted molar refractivity (Wildman–Crippen MR) is 54.4 cm³/mol. The first-order chi connectivity index (χ1) is 6.09. The molecule has 1 aliphatic heterocycles. The van der Waals surface area contributed by atoms with E-state index in [-0.39, 0.29) is 5.54 Å². The zero-order chi connectivity index (χ0) is 9.90. The van der Waals surface area contributed by atoms with Crippen LogP contribution in [0.3, 0.4) is 0 Å². The van der Waals surface area contributed by atoms with E-state index in [2.05, 4.69) is 23.9 Å². The number of hydrogen-bond donors (Lipinski definition) is 1. The number of rotatable bonds is 2. The fourth-order valence-electron chi connectivity index (χ4n) is 1.80. The molecule has 0 aromatic rings. The molecule has 0 radical (unpaired) electrons. The third kappa shape index (κ3) is 2.21. The van der Waals surface area contributed by atoms with Gasteiger partial charge >= 0.3 is 0 Å². The molecular weight excluding hydrogens is 164 g/mol. The molecule has 0 bridgehead atoms. The zero-order valence-electron chi connectivity index (χ0n) is 8.88. The van der Waals surface area contributed by atoms with Gasteiger partial charge in [0.05, 0.1) is 11.3 Å². The normalized spacial score (nSPS) is 21.9. The average molecular weight is 184 g/mol. The fraction of sp³-hybridized carbons (Fsp3) is 0.900. The first-order valence-corrected chi connectivity index (χ1v) is 5.03. The van der Waals surface area contributed by atoms with E-state index in [4.69, 9.17) is 5.21 Å². The van der Waals surface area contributed by atoms with Crippen LogP contribution in [0.5, 0.6) is 0 Å². The van der Waals surface area contributed by atoms with Gasteiger partial charge in [-0.3, -0.25) is 4.90 Å². The minimum Gasteiger partial charge on any atom is -0.411 e. The molecule has 1 heterocycles. The Morgan fingerprint density at radius 2 is 1.77 bits per heavy atom. The Morgan fingerprint density at radius 1 is 1.23 bits per heavy atom. The molecular formula is C10H20N2O. The van der Waals surface area contributed by atoms with Crippen molar-refractivity contribution in [1.29, 1.82) is 0 Å². The van der Waals surface area contributed by atoms with Gasteiger partial charge in [0, 0.05) is 0 Å². The largest absolute Gasteiger partial charge is 0.411 e. The van der Waals surface area contributed by atoms with Crippen LogP contribution in [0.1, 0.15) is 40.0 Å². The fourth-order valence-corrected chi connectivity index (χ4v) is 1.80. The van der Waals surface area contributed by atoms with E-state index in [1.54, 1.807) is 0 Å². The first kappa shape index (κ1) is 10.5. The number of likely N-dealkylation sites (tertiary alicyclic amines) is 1. The molecule has 0 amide bonds. The van der Waals surface area contributed by atoms with Crippen LogP contribution in [0.4, 0.5) is 0 Å². The molecule has 3 heteroatoms. The molecule has 0 atom stereocenters. The summed E-state index contributed by atoms with van der Waals surface area (Å²) >= 11 is 0. The van der Waals surface area contributed by atoms with Crippen molar-refractivity contribution in [3.8, 4) is 0 Å². The molecule has 1 N–H and O–H groups in total. The smallest absolute Gasteiger partial charge is 0.0736 e. The molecule has 0 unspecified atom stereocenters. The van der Waals surface area contributed by atoms with E-state index in [1.165, 1.54) is 19.3 Å². The highest BCUT2D eigenvalue weighted by Crippen LogP contribution is 2.21. The summed E-state index contributed by atoms with van der Waals surface area (Å²) in [5.74, 6) is 0. The minimum absolute atomic E-state index is 0.0881. The van der Waals surface area contributed by atoms with E-state index < -0.39 is 0 Å². The molecule has 0 aromatic carbocycles. The van der Waals surface area contributed by atoms with E-state index in [1.807, 2.05) is 6.92 Å². The van der Waals surface area contributed by atoms with Crippen LogP contribution in [-0.2, 0) is 0 Å². The third-order valence-corrected chi connectivity index (χ3v) is 3.18. The second-order valence-electron chi connectivity index (χ2n) is 4.29. The van der Waals surface area contributed by atoms with Crippen LogP contribution in [0.15, 0.2) is 5.16 Å². The Hall–Kier alpha value is -0.570. The molecule has 0 saturated carbocycles. The summed E-state index contributed by atoms with van der Waals surface area (Å²) in [6.45, 7) is 8.37. The van der Waals surface area contributed by atoms with Crippen molar-refractivity contribution in [1.82, 2.24) is 4.90 Å². The van der Waals surface area contributed by atoms with Crippen LogP contribution in [0, 0.1) is 0 Å². The summed E-state index contributed by atoms with van der Waals surface area (Å²) in [6, 6.07) is 0. The SMILES string of the molecule is C/C(=N/O)C(C)(C)N1CCCCC1. The van der Waals surface area contributed by atoms with E-state index in [9.17, 15) is 0 Å². The van der Waals surface area contributed by atoms with Crippen LogP contribution in [0.2, 0.25) is 0 Å². The van der Waals surface area contributed by atoms with Gasteiger partial charge < -0.3 is 5.21 Å². The minimum atomic E-state index is -0.0881. The zero-order valence-corrected chi connectivity index (χ0v) is 8.88.